The summed E-state index contributed by atoms with van der Waals surface area (Å²) in [6.07, 6.45) is 4.79. The van der Waals surface area contributed by atoms with E-state index in [1.54, 1.807) is 12.1 Å². The standard InChI is InChI=1S/C32H29F3N4O5S2/c33-32(34,35)46-24-14-15-25-27(16-24)45-30(37-25)38-31(44)39(23-12-10-21(11-13-23)20-4-2-1-3-5-20)18-19-6-8-22(9-7-19)28(41)36-17-26(40)29(42)43/h4,6-16,26,40H,1-3,5,17-18H2,(H,36,41)(H,42,43)(H,37,38,44)/t26-/m1/s1. The van der Waals surface area contributed by atoms with Crippen LogP contribution in [0.3, 0.4) is 0 Å². The number of aromatic nitrogens is 1. The maximum Gasteiger partial charge on any atom is 0.446 e. The molecule has 1 aliphatic rings. The molecule has 0 saturated heterocycles. The Morgan fingerprint density at radius 1 is 1.02 bits per heavy atom. The van der Waals surface area contributed by atoms with Gasteiger partial charge < -0.3 is 15.5 Å². The molecule has 1 aliphatic carbocycles. The van der Waals surface area contributed by atoms with Gasteiger partial charge in [-0.3, -0.25) is 15.0 Å². The van der Waals surface area contributed by atoms with Gasteiger partial charge in [-0.2, -0.15) is 13.2 Å². The number of thiazole rings is 1. The first kappa shape index (κ1) is 33.0. The van der Waals surface area contributed by atoms with Crippen molar-refractivity contribution in [2.75, 3.05) is 16.8 Å². The molecule has 9 nitrogen and oxygen atoms in total. The number of nitrogens with one attached hydrogen (secondary N) is 2. The van der Waals surface area contributed by atoms with Crippen LogP contribution in [-0.4, -0.2) is 51.3 Å². The number of aliphatic hydroxyl groups is 1. The summed E-state index contributed by atoms with van der Waals surface area (Å²) in [4.78, 5) is 42.8. The molecule has 0 fully saturated rings. The van der Waals surface area contributed by atoms with Crippen molar-refractivity contribution < 1.29 is 37.8 Å². The second kappa shape index (κ2) is 14.4. The summed E-state index contributed by atoms with van der Waals surface area (Å²) in [5.74, 6) is -2.02. The van der Waals surface area contributed by atoms with Gasteiger partial charge in [0.2, 0.25) is 0 Å². The Bertz CT molecular complexity index is 1760. The van der Waals surface area contributed by atoms with Crippen molar-refractivity contribution in [3.63, 3.8) is 0 Å². The van der Waals surface area contributed by atoms with Crippen LogP contribution in [0.4, 0.5) is 28.8 Å². The Kier molecular flexibility index (Phi) is 10.3. The van der Waals surface area contributed by atoms with Crippen LogP contribution < -0.4 is 15.5 Å². The molecule has 5 rings (SSSR count). The van der Waals surface area contributed by atoms with E-state index >= 15 is 0 Å². The van der Waals surface area contributed by atoms with E-state index < -0.39 is 36.1 Å². The minimum Gasteiger partial charge on any atom is -0.479 e. The zero-order valence-electron chi connectivity index (χ0n) is 24.2. The van der Waals surface area contributed by atoms with Crippen LogP contribution in [0.25, 0.3) is 15.8 Å². The minimum absolute atomic E-state index is 0.0199. The number of nitrogens with zero attached hydrogens (tertiary/aromatic N) is 2. The zero-order chi connectivity index (χ0) is 32.8. The molecule has 0 aliphatic heterocycles. The lowest BCUT2D eigenvalue weighted by molar-refractivity contribution is -0.146. The molecule has 46 heavy (non-hydrogen) atoms. The predicted molar refractivity (Wildman–Crippen MR) is 172 cm³/mol. The van der Waals surface area contributed by atoms with Crippen molar-refractivity contribution in [3.05, 3.63) is 89.5 Å². The molecule has 1 aromatic heterocycles. The smallest absolute Gasteiger partial charge is 0.446 e. The number of carboxylic acids is 1. The Balaban J connectivity index is 1.36. The van der Waals surface area contributed by atoms with Gasteiger partial charge in [-0.05, 0) is 96.6 Å². The molecule has 1 atom stereocenters. The molecule has 0 bridgehead atoms. The van der Waals surface area contributed by atoms with E-state index in [2.05, 4.69) is 21.7 Å². The Morgan fingerprint density at radius 3 is 2.41 bits per heavy atom. The number of carbonyl (C=O) groups is 3. The van der Waals surface area contributed by atoms with Gasteiger partial charge in [0.15, 0.2) is 11.2 Å². The minimum atomic E-state index is -4.43. The number of allylic oxidation sites excluding steroid dienone is 2. The molecule has 0 saturated carbocycles. The zero-order valence-corrected chi connectivity index (χ0v) is 25.8. The summed E-state index contributed by atoms with van der Waals surface area (Å²) >= 11 is 0.843. The van der Waals surface area contributed by atoms with Crippen molar-refractivity contribution in [1.29, 1.82) is 0 Å². The summed E-state index contributed by atoms with van der Waals surface area (Å²) < 4.78 is 39.1. The SMILES string of the molecule is O=C(NC[C@@H](O)C(=O)O)c1ccc(CN(C(=O)Nc2nc3ccc(SC(F)(F)F)cc3s2)c2ccc(C3=CCCCC3)cc2)cc1. The third-order valence-corrected chi connectivity index (χ3v) is 8.85. The van der Waals surface area contributed by atoms with Crippen molar-refractivity contribution in [2.24, 2.45) is 0 Å². The van der Waals surface area contributed by atoms with E-state index in [4.69, 9.17) is 5.11 Å². The number of anilines is 2. The molecular weight excluding hydrogens is 642 g/mol. The Hall–Kier alpha value is -4.40. The molecule has 3 aromatic carbocycles. The second-order valence-electron chi connectivity index (χ2n) is 10.5. The van der Waals surface area contributed by atoms with Crippen LogP contribution in [0.5, 0.6) is 0 Å². The summed E-state index contributed by atoms with van der Waals surface area (Å²) in [5.41, 5.74) is -0.138. The van der Waals surface area contributed by atoms with Gasteiger partial charge in [-0.25, -0.2) is 14.6 Å². The number of hydrogen-bond acceptors (Lipinski definition) is 7. The lowest BCUT2D eigenvalue weighted by atomic mass is 9.93. The van der Waals surface area contributed by atoms with Gasteiger partial charge in [0.05, 0.1) is 23.3 Å². The number of thioether (sulfide) groups is 1. The van der Waals surface area contributed by atoms with Gasteiger partial charge in [0.25, 0.3) is 5.91 Å². The predicted octanol–water partition coefficient (Wildman–Crippen LogP) is 7.28. The van der Waals surface area contributed by atoms with E-state index in [1.165, 1.54) is 40.8 Å². The van der Waals surface area contributed by atoms with Crippen LogP contribution in [0.2, 0.25) is 0 Å². The topological polar surface area (TPSA) is 132 Å². The molecular formula is C32H29F3N4O5S2. The lowest BCUT2D eigenvalue weighted by Crippen LogP contribution is -2.36. The number of benzene rings is 3. The van der Waals surface area contributed by atoms with Gasteiger partial charge in [-0.1, -0.05) is 41.7 Å². The number of alkyl halides is 3. The molecule has 4 N–H and O–H groups in total. The highest BCUT2D eigenvalue weighted by Crippen LogP contribution is 2.39. The van der Waals surface area contributed by atoms with Crippen LogP contribution in [0, 0.1) is 0 Å². The van der Waals surface area contributed by atoms with Crippen molar-refractivity contribution in [2.45, 2.75) is 48.7 Å². The first-order valence-corrected chi connectivity index (χ1v) is 15.9. The van der Waals surface area contributed by atoms with E-state index in [1.807, 2.05) is 24.3 Å². The average Bonchev–Trinajstić information content (AvgIpc) is 3.43. The second-order valence-corrected chi connectivity index (χ2v) is 12.7. The molecule has 14 heteroatoms. The fraction of sp³-hybridized carbons (Fsp3) is 0.250. The first-order chi connectivity index (χ1) is 21.9. The van der Waals surface area contributed by atoms with E-state index in [0.29, 0.717) is 21.5 Å². The number of halogens is 3. The number of amides is 3. The van der Waals surface area contributed by atoms with Gasteiger partial charge in [0.1, 0.15) is 0 Å². The molecule has 240 valence electrons. The van der Waals surface area contributed by atoms with Crippen LogP contribution >= 0.6 is 23.1 Å². The molecule has 4 aromatic rings. The maximum absolute atomic E-state index is 13.7. The van der Waals surface area contributed by atoms with Crippen molar-refractivity contribution in [1.82, 2.24) is 10.3 Å². The lowest BCUT2D eigenvalue weighted by Gasteiger charge is -2.23. The number of urea groups is 1. The Labute approximate surface area is 270 Å². The van der Waals surface area contributed by atoms with Crippen LogP contribution in [-0.2, 0) is 11.3 Å². The molecule has 1 heterocycles. The Morgan fingerprint density at radius 2 is 1.76 bits per heavy atom. The van der Waals surface area contributed by atoms with Gasteiger partial charge in [-0.15, -0.1) is 0 Å². The molecule has 0 unspecified atom stereocenters. The van der Waals surface area contributed by atoms with E-state index in [9.17, 15) is 32.7 Å². The number of aliphatic carboxylic acids is 1. The van der Waals surface area contributed by atoms with E-state index in [-0.39, 0.29) is 33.9 Å². The van der Waals surface area contributed by atoms with Crippen molar-refractivity contribution >= 4 is 67.6 Å². The monoisotopic (exact) mass is 670 g/mol. The first-order valence-electron chi connectivity index (χ1n) is 14.3. The van der Waals surface area contributed by atoms with Crippen LogP contribution in [0.15, 0.2) is 77.7 Å². The quantitative estimate of drug-likeness (QED) is 0.130. The molecule has 3 amide bonds. The third-order valence-electron chi connectivity index (χ3n) is 7.19. The summed E-state index contributed by atoms with van der Waals surface area (Å²) in [6.45, 7) is -0.351. The highest BCUT2D eigenvalue weighted by molar-refractivity contribution is 8.00. The number of hydrogen-bond donors (Lipinski definition) is 4. The fourth-order valence-electron chi connectivity index (χ4n) is 4.87. The van der Waals surface area contributed by atoms with E-state index in [0.717, 1.165) is 42.6 Å². The largest absolute Gasteiger partial charge is 0.479 e. The van der Waals surface area contributed by atoms with Crippen LogP contribution in [0.1, 0.15) is 47.2 Å². The fourth-order valence-corrected chi connectivity index (χ4v) is 6.42. The number of fused-ring (bicyclic) bond motifs is 1. The van der Waals surface area contributed by atoms with Crippen molar-refractivity contribution in [3.8, 4) is 0 Å². The van der Waals surface area contributed by atoms with Gasteiger partial charge in [0, 0.05) is 16.1 Å². The number of carbonyl (C=O) groups excluding carboxylic acids is 2. The normalized spacial score (nSPS) is 14.0. The van der Waals surface area contributed by atoms with Gasteiger partial charge >= 0.3 is 17.5 Å². The summed E-state index contributed by atoms with van der Waals surface area (Å²) in [7, 11) is 0. The third kappa shape index (κ3) is 8.65. The molecule has 0 spiro atoms. The number of carboxylic acid groups (broad SMARTS) is 1. The highest BCUT2D eigenvalue weighted by Gasteiger charge is 2.29. The number of aliphatic hydroxyl groups excluding tert-OH is 1. The molecule has 0 radical (unpaired) electrons. The average molecular weight is 671 g/mol. The summed E-state index contributed by atoms with van der Waals surface area (Å²) in [5, 5.41) is 23.6. The summed E-state index contributed by atoms with van der Waals surface area (Å²) in [6, 6.07) is 17.7. The maximum atomic E-state index is 13.7. The number of rotatable bonds is 10. The highest BCUT2D eigenvalue weighted by atomic mass is 32.2.